The Labute approximate surface area is 81.3 Å². The first-order chi connectivity index (χ1) is 6.72. The molecule has 1 heterocycles. The third-order valence-electron chi connectivity index (χ3n) is 2.41. The minimum absolute atomic E-state index is 0.186. The zero-order chi connectivity index (χ0) is 10.1. The molecule has 4 heteroatoms. The highest BCUT2D eigenvalue weighted by atomic mass is 19.1. The fraction of sp³-hybridized carbons (Fsp3) is 0.300. The van der Waals surface area contributed by atoms with E-state index in [0.717, 1.165) is 11.1 Å². The molecule has 0 aliphatic carbocycles. The van der Waals surface area contributed by atoms with Crippen LogP contribution in [0, 0.1) is 5.82 Å². The molecule has 1 unspecified atom stereocenters. The highest BCUT2D eigenvalue weighted by molar-refractivity contribution is 5.81. The summed E-state index contributed by atoms with van der Waals surface area (Å²) in [5.41, 5.74) is 1.66. The molecule has 0 radical (unpaired) electrons. The molecule has 0 spiro atoms. The number of nitrogens with one attached hydrogen (secondary N) is 2. The first-order valence-electron chi connectivity index (χ1n) is 4.53. The zero-order valence-electron chi connectivity index (χ0n) is 8.13. The molecule has 0 amide bonds. The fourth-order valence-corrected chi connectivity index (χ4v) is 1.48. The fourth-order valence-electron chi connectivity index (χ4n) is 1.48. The Kier molecular flexibility index (Phi) is 2.21. The van der Waals surface area contributed by atoms with Crippen LogP contribution in [-0.2, 0) is 0 Å². The molecular weight excluding hydrogens is 181 g/mol. The van der Waals surface area contributed by atoms with Gasteiger partial charge in [-0.05, 0) is 26.1 Å². The van der Waals surface area contributed by atoms with Gasteiger partial charge in [0.25, 0.3) is 0 Å². The second-order valence-corrected chi connectivity index (χ2v) is 3.31. The molecule has 2 rings (SSSR count). The number of H-pyrrole nitrogens is 1. The maximum atomic E-state index is 12.9. The Morgan fingerprint density at radius 3 is 3.00 bits per heavy atom. The molecule has 74 valence electrons. The molecule has 0 fully saturated rings. The molecule has 0 bridgehead atoms. The molecule has 2 N–H and O–H groups in total. The lowest BCUT2D eigenvalue weighted by atomic mass is 10.1. The largest absolute Gasteiger partial charge is 0.312 e. The smallest absolute Gasteiger partial charge is 0.125 e. The number of aromatic nitrogens is 2. The lowest BCUT2D eigenvalue weighted by molar-refractivity contribution is 0.629. The lowest BCUT2D eigenvalue weighted by Gasteiger charge is -2.07. The molecule has 0 saturated heterocycles. The predicted molar refractivity (Wildman–Crippen MR) is 53.5 cm³/mol. The van der Waals surface area contributed by atoms with E-state index in [1.807, 2.05) is 14.0 Å². The van der Waals surface area contributed by atoms with E-state index in [0.29, 0.717) is 5.52 Å². The second kappa shape index (κ2) is 3.38. The second-order valence-electron chi connectivity index (χ2n) is 3.31. The Hall–Kier alpha value is -1.42. The topological polar surface area (TPSA) is 40.7 Å². The normalized spacial score (nSPS) is 13.4. The van der Waals surface area contributed by atoms with Crippen LogP contribution in [0.2, 0.25) is 0 Å². The first kappa shape index (κ1) is 9.15. The minimum atomic E-state index is -0.257. The van der Waals surface area contributed by atoms with Crippen LogP contribution in [0.5, 0.6) is 0 Å². The van der Waals surface area contributed by atoms with Crippen LogP contribution >= 0.6 is 0 Å². The van der Waals surface area contributed by atoms with E-state index in [4.69, 9.17) is 0 Å². The monoisotopic (exact) mass is 193 g/mol. The van der Waals surface area contributed by atoms with Crippen molar-refractivity contribution < 1.29 is 4.39 Å². The summed E-state index contributed by atoms with van der Waals surface area (Å²) in [6, 6.07) is 4.81. The van der Waals surface area contributed by atoms with Crippen LogP contribution < -0.4 is 5.32 Å². The molecule has 0 aliphatic rings. The molecule has 0 aliphatic heterocycles. The van der Waals surface area contributed by atoms with Gasteiger partial charge < -0.3 is 5.32 Å². The van der Waals surface area contributed by atoms with Crippen molar-refractivity contribution in [2.75, 3.05) is 7.05 Å². The molecule has 3 nitrogen and oxygen atoms in total. The number of aromatic amines is 1. The van der Waals surface area contributed by atoms with E-state index in [9.17, 15) is 4.39 Å². The average molecular weight is 193 g/mol. The number of fused-ring (bicyclic) bond motifs is 1. The van der Waals surface area contributed by atoms with Crippen LogP contribution in [0.25, 0.3) is 10.9 Å². The van der Waals surface area contributed by atoms with Gasteiger partial charge in [0.15, 0.2) is 0 Å². The van der Waals surface area contributed by atoms with Crippen molar-refractivity contribution >= 4 is 10.9 Å². The highest BCUT2D eigenvalue weighted by Gasteiger charge is 2.10. The van der Waals surface area contributed by atoms with Crippen molar-refractivity contribution in [2.24, 2.45) is 0 Å². The first-order valence-corrected chi connectivity index (χ1v) is 4.53. The molecule has 14 heavy (non-hydrogen) atoms. The summed E-state index contributed by atoms with van der Waals surface area (Å²) >= 11 is 0. The van der Waals surface area contributed by atoms with Gasteiger partial charge in [0, 0.05) is 17.5 Å². The van der Waals surface area contributed by atoms with Gasteiger partial charge in [0.1, 0.15) is 5.82 Å². The van der Waals surface area contributed by atoms with E-state index < -0.39 is 0 Å². The number of hydrogen-bond acceptors (Lipinski definition) is 2. The van der Waals surface area contributed by atoms with Gasteiger partial charge in [-0.25, -0.2) is 4.39 Å². The van der Waals surface area contributed by atoms with E-state index in [1.54, 1.807) is 6.07 Å². The van der Waals surface area contributed by atoms with Gasteiger partial charge in [0.2, 0.25) is 0 Å². The van der Waals surface area contributed by atoms with Crippen molar-refractivity contribution in [3.63, 3.8) is 0 Å². The maximum absolute atomic E-state index is 12.9. The Bertz CT molecular complexity index is 450. The Morgan fingerprint density at radius 1 is 1.50 bits per heavy atom. The third-order valence-corrected chi connectivity index (χ3v) is 2.41. The van der Waals surface area contributed by atoms with Crippen molar-refractivity contribution in [2.45, 2.75) is 13.0 Å². The van der Waals surface area contributed by atoms with Crippen molar-refractivity contribution in [3.8, 4) is 0 Å². The summed E-state index contributed by atoms with van der Waals surface area (Å²) in [7, 11) is 1.88. The number of rotatable bonds is 2. The van der Waals surface area contributed by atoms with E-state index in [1.165, 1.54) is 12.1 Å². The van der Waals surface area contributed by atoms with Crippen LogP contribution in [0.1, 0.15) is 18.7 Å². The highest BCUT2D eigenvalue weighted by Crippen LogP contribution is 2.21. The number of halogens is 1. The van der Waals surface area contributed by atoms with Gasteiger partial charge in [-0.3, -0.25) is 5.10 Å². The summed E-state index contributed by atoms with van der Waals surface area (Å²) in [5, 5.41) is 11.0. The Morgan fingerprint density at radius 2 is 2.29 bits per heavy atom. The van der Waals surface area contributed by atoms with E-state index >= 15 is 0 Å². The molecule has 2 aromatic rings. The van der Waals surface area contributed by atoms with Crippen molar-refractivity contribution in [1.29, 1.82) is 0 Å². The molecule has 1 atom stereocenters. The number of hydrogen-bond donors (Lipinski definition) is 2. The summed E-state index contributed by atoms with van der Waals surface area (Å²) in [6.07, 6.45) is 0. The standard InChI is InChI=1S/C10H12FN3/c1-6(12-2)10-8-4-3-7(11)5-9(8)13-14-10/h3-6,12H,1-2H3,(H,13,14). The van der Waals surface area contributed by atoms with Gasteiger partial charge in [-0.1, -0.05) is 0 Å². The predicted octanol–water partition coefficient (Wildman–Crippen LogP) is 1.98. The van der Waals surface area contributed by atoms with Crippen LogP contribution in [0.3, 0.4) is 0 Å². The van der Waals surface area contributed by atoms with Crippen LogP contribution in [0.4, 0.5) is 4.39 Å². The van der Waals surface area contributed by atoms with Gasteiger partial charge in [-0.15, -0.1) is 0 Å². The molecule has 1 aromatic carbocycles. The maximum Gasteiger partial charge on any atom is 0.125 e. The third kappa shape index (κ3) is 1.37. The number of benzene rings is 1. The zero-order valence-corrected chi connectivity index (χ0v) is 8.13. The van der Waals surface area contributed by atoms with E-state index in [-0.39, 0.29) is 11.9 Å². The average Bonchev–Trinajstić information content (AvgIpc) is 2.59. The minimum Gasteiger partial charge on any atom is -0.312 e. The van der Waals surface area contributed by atoms with Gasteiger partial charge in [-0.2, -0.15) is 5.10 Å². The summed E-state index contributed by atoms with van der Waals surface area (Å²) in [5.74, 6) is -0.257. The van der Waals surface area contributed by atoms with Gasteiger partial charge >= 0.3 is 0 Å². The quantitative estimate of drug-likeness (QED) is 0.765. The van der Waals surface area contributed by atoms with Gasteiger partial charge in [0.05, 0.1) is 11.2 Å². The molecule has 0 saturated carbocycles. The number of nitrogens with zero attached hydrogens (tertiary/aromatic N) is 1. The lowest BCUT2D eigenvalue weighted by Crippen LogP contribution is -2.12. The summed E-state index contributed by atoms with van der Waals surface area (Å²) in [4.78, 5) is 0. The molecular formula is C10H12FN3. The molecule has 1 aromatic heterocycles. The van der Waals surface area contributed by atoms with Crippen molar-refractivity contribution in [1.82, 2.24) is 15.5 Å². The summed E-state index contributed by atoms with van der Waals surface area (Å²) in [6.45, 7) is 2.02. The van der Waals surface area contributed by atoms with Crippen LogP contribution in [0.15, 0.2) is 18.2 Å². The Balaban J connectivity index is 2.58. The van der Waals surface area contributed by atoms with Crippen LogP contribution in [-0.4, -0.2) is 17.2 Å². The SMILES string of the molecule is CNC(C)c1[nH]nc2cc(F)ccc12. The summed E-state index contributed by atoms with van der Waals surface area (Å²) < 4.78 is 12.9. The van der Waals surface area contributed by atoms with E-state index in [2.05, 4.69) is 15.5 Å². The van der Waals surface area contributed by atoms with Crippen molar-refractivity contribution in [3.05, 3.63) is 29.7 Å².